The molecule has 3 aromatic rings. The molecule has 0 atom stereocenters. The molecule has 0 radical (unpaired) electrons. The van der Waals surface area contributed by atoms with Crippen LogP contribution in [0.25, 0.3) is 16.9 Å². The van der Waals surface area contributed by atoms with Crippen molar-refractivity contribution >= 4 is 23.6 Å². The lowest BCUT2D eigenvalue weighted by Crippen LogP contribution is -2.36. The molecule has 9 nitrogen and oxygen atoms in total. The van der Waals surface area contributed by atoms with Gasteiger partial charge in [0, 0.05) is 42.3 Å². The second kappa shape index (κ2) is 12.5. The number of fused-ring (bicyclic) bond motifs is 1. The molecule has 1 aliphatic heterocycles. The van der Waals surface area contributed by atoms with Gasteiger partial charge in [-0.1, -0.05) is 17.3 Å². The minimum absolute atomic E-state index is 0.357. The Morgan fingerprint density at radius 2 is 2.08 bits per heavy atom. The lowest BCUT2D eigenvalue weighted by molar-refractivity contribution is -0.122. The quantitative estimate of drug-likeness (QED) is 0.212. The molecule has 0 bridgehead atoms. The van der Waals surface area contributed by atoms with Gasteiger partial charge in [0.25, 0.3) is 0 Å². The zero-order valence-corrected chi connectivity index (χ0v) is 20.1. The third kappa shape index (κ3) is 8.19. The molecule has 198 valence electrons. The highest BCUT2D eigenvalue weighted by Gasteiger charge is 2.27. The van der Waals surface area contributed by atoms with Gasteiger partial charge < -0.3 is 25.5 Å². The molecule has 0 spiro atoms. The summed E-state index contributed by atoms with van der Waals surface area (Å²) in [6, 6.07) is 10.1. The highest BCUT2D eigenvalue weighted by molar-refractivity contribution is 5.90. The monoisotopic (exact) mass is 518 g/mol. The Balaban J connectivity index is 1.29. The number of benzene rings is 1. The number of nitrogens with one attached hydrogen (secondary N) is 3. The van der Waals surface area contributed by atoms with Crippen molar-refractivity contribution in [2.75, 3.05) is 38.2 Å². The Labute approximate surface area is 212 Å². The lowest BCUT2D eigenvalue weighted by Gasteiger charge is -2.22. The first-order valence-electron chi connectivity index (χ1n) is 12.0. The molecule has 1 aromatic carbocycles. The number of ether oxygens (including phenoxy) is 1. The van der Waals surface area contributed by atoms with E-state index >= 15 is 0 Å². The molecule has 12 heteroatoms. The van der Waals surface area contributed by atoms with E-state index in [-0.39, 0.29) is 0 Å². The fraction of sp³-hybridized carbons (Fsp3) is 0.400. The number of nitrogens with zero attached hydrogens (tertiary/aromatic N) is 3. The van der Waals surface area contributed by atoms with Gasteiger partial charge >= 0.3 is 12.2 Å². The van der Waals surface area contributed by atoms with Crippen molar-refractivity contribution in [3.63, 3.8) is 0 Å². The molecule has 2 amide bonds. The predicted octanol–water partition coefficient (Wildman–Crippen LogP) is 4.19. The number of carbonyl (C=O) groups is 1. The standard InChI is InChI=1S/C25H29F3N6O3/c26-25(27,28)17-31-24(35)33-21-4-1-3-19(14-21)22-16-30-23-13-18(5-9-34(22)23)15-32-37-10-2-8-29-20-6-11-36-12-7-20/h1,3-5,9,13-16,20,29H,2,6-8,10-12,17H2,(H2,31,33,35)/b32-15+. The Morgan fingerprint density at radius 1 is 1.24 bits per heavy atom. The van der Waals surface area contributed by atoms with Gasteiger partial charge in [0.2, 0.25) is 0 Å². The molecule has 0 unspecified atom stereocenters. The van der Waals surface area contributed by atoms with Gasteiger partial charge in [-0.3, -0.25) is 4.40 Å². The smallest absolute Gasteiger partial charge is 0.396 e. The van der Waals surface area contributed by atoms with Gasteiger partial charge in [-0.05, 0) is 50.1 Å². The highest BCUT2D eigenvalue weighted by atomic mass is 19.4. The van der Waals surface area contributed by atoms with E-state index in [0.717, 1.165) is 55.8 Å². The molecular formula is C25H29F3N6O3. The summed E-state index contributed by atoms with van der Waals surface area (Å²) in [6.45, 7) is 1.62. The van der Waals surface area contributed by atoms with E-state index in [2.05, 4.69) is 20.8 Å². The van der Waals surface area contributed by atoms with E-state index in [1.807, 2.05) is 28.8 Å². The average molecular weight is 519 g/mol. The van der Waals surface area contributed by atoms with Crippen LogP contribution < -0.4 is 16.0 Å². The average Bonchev–Trinajstić information content (AvgIpc) is 3.31. The first-order chi connectivity index (χ1) is 17.9. The number of alkyl halides is 3. The van der Waals surface area contributed by atoms with Crippen LogP contribution in [0.1, 0.15) is 24.8 Å². The molecule has 1 aliphatic rings. The van der Waals surface area contributed by atoms with E-state index in [1.165, 1.54) is 0 Å². The number of hydrogen-bond acceptors (Lipinski definition) is 6. The number of pyridine rings is 1. The maximum atomic E-state index is 12.3. The number of anilines is 1. The van der Waals surface area contributed by atoms with E-state index in [0.29, 0.717) is 24.0 Å². The number of rotatable bonds is 10. The first-order valence-corrected chi connectivity index (χ1v) is 12.0. The molecular weight excluding hydrogens is 489 g/mol. The summed E-state index contributed by atoms with van der Waals surface area (Å²) in [5.74, 6) is 0. The number of oxime groups is 1. The maximum absolute atomic E-state index is 12.3. The second-order valence-electron chi connectivity index (χ2n) is 8.60. The summed E-state index contributed by atoms with van der Waals surface area (Å²) in [4.78, 5) is 21.6. The molecule has 3 N–H and O–H groups in total. The number of urea groups is 1. The molecule has 37 heavy (non-hydrogen) atoms. The van der Waals surface area contributed by atoms with E-state index < -0.39 is 18.8 Å². The lowest BCUT2D eigenvalue weighted by atomic mass is 10.1. The molecule has 1 saturated heterocycles. The van der Waals surface area contributed by atoms with Crippen LogP contribution in [-0.2, 0) is 9.57 Å². The van der Waals surface area contributed by atoms with Gasteiger partial charge in [-0.25, -0.2) is 9.78 Å². The van der Waals surface area contributed by atoms with Crippen molar-refractivity contribution in [3.05, 3.63) is 54.4 Å². The van der Waals surface area contributed by atoms with Crippen LogP contribution in [0.5, 0.6) is 0 Å². The molecule has 3 heterocycles. The summed E-state index contributed by atoms with van der Waals surface area (Å²) in [6.07, 6.45) is 3.62. The van der Waals surface area contributed by atoms with Crippen LogP contribution in [0.2, 0.25) is 0 Å². The van der Waals surface area contributed by atoms with Crippen LogP contribution >= 0.6 is 0 Å². The van der Waals surface area contributed by atoms with E-state index in [4.69, 9.17) is 9.57 Å². The molecule has 4 rings (SSSR count). The molecule has 1 fully saturated rings. The summed E-state index contributed by atoms with van der Waals surface area (Å²) in [5, 5.41) is 11.7. The van der Waals surface area contributed by atoms with Crippen LogP contribution in [-0.4, -0.2) is 66.8 Å². The van der Waals surface area contributed by atoms with Gasteiger partial charge in [0.15, 0.2) is 0 Å². The largest absolute Gasteiger partial charge is 0.405 e. The minimum atomic E-state index is -4.48. The Morgan fingerprint density at radius 3 is 2.89 bits per heavy atom. The zero-order valence-electron chi connectivity index (χ0n) is 20.1. The zero-order chi connectivity index (χ0) is 26.1. The van der Waals surface area contributed by atoms with Gasteiger partial charge in [0.05, 0.1) is 18.1 Å². The van der Waals surface area contributed by atoms with Gasteiger partial charge in [-0.2, -0.15) is 13.2 Å². The van der Waals surface area contributed by atoms with Crippen molar-refractivity contribution in [1.82, 2.24) is 20.0 Å². The van der Waals surface area contributed by atoms with Gasteiger partial charge in [0.1, 0.15) is 18.8 Å². The fourth-order valence-electron chi connectivity index (χ4n) is 3.90. The van der Waals surface area contributed by atoms with Crippen LogP contribution in [0.3, 0.4) is 0 Å². The number of hydrogen-bond donors (Lipinski definition) is 3. The molecule has 0 saturated carbocycles. The second-order valence-corrected chi connectivity index (χ2v) is 8.60. The van der Waals surface area contributed by atoms with Crippen molar-refractivity contribution in [2.45, 2.75) is 31.5 Å². The predicted molar refractivity (Wildman–Crippen MR) is 134 cm³/mol. The minimum Gasteiger partial charge on any atom is -0.396 e. The normalized spacial score (nSPS) is 14.8. The SMILES string of the molecule is O=C(NCC(F)(F)F)Nc1cccc(-c2cnc3cc(/C=N/OCCCNC4CCOCC4)ccn23)c1. The number of carbonyl (C=O) groups excluding carboxylic acids is 1. The van der Waals surface area contributed by atoms with Crippen molar-refractivity contribution in [3.8, 4) is 11.3 Å². The van der Waals surface area contributed by atoms with Gasteiger partial charge in [-0.15, -0.1) is 0 Å². The maximum Gasteiger partial charge on any atom is 0.405 e. The highest BCUT2D eigenvalue weighted by Crippen LogP contribution is 2.24. The Bertz CT molecular complexity index is 1210. The van der Waals surface area contributed by atoms with Crippen molar-refractivity contribution < 1.29 is 27.5 Å². The summed E-state index contributed by atoms with van der Waals surface area (Å²) in [5.41, 5.74) is 3.35. The van der Waals surface area contributed by atoms with Crippen LogP contribution in [0.15, 0.2) is 53.9 Å². The van der Waals surface area contributed by atoms with E-state index in [1.54, 1.807) is 35.9 Å². The third-order valence-electron chi connectivity index (χ3n) is 5.75. The Hall–Kier alpha value is -3.64. The Kier molecular flexibility index (Phi) is 8.96. The van der Waals surface area contributed by atoms with Crippen LogP contribution in [0.4, 0.5) is 23.7 Å². The van der Waals surface area contributed by atoms with Crippen molar-refractivity contribution in [1.29, 1.82) is 0 Å². The third-order valence-corrected chi connectivity index (χ3v) is 5.75. The summed E-state index contributed by atoms with van der Waals surface area (Å²) < 4.78 is 44.1. The summed E-state index contributed by atoms with van der Waals surface area (Å²) >= 11 is 0. The first kappa shape index (κ1) is 26.4. The summed E-state index contributed by atoms with van der Waals surface area (Å²) in [7, 11) is 0. The molecule has 2 aromatic heterocycles. The van der Waals surface area contributed by atoms with E-state index in [9.17, 15) is 18.0 Å². The topological polar surface area (TPSA) is 101 Å². The number of imidazole rings is 1. The fourth-order valence-corrected chi connectivity index (χ4v) is 3.90. The number of amides is 2. The van der Waals surface area contributed by atoms with Crippen LogP contribution in [0, 0.1) is 0 Å². The number of aromatic nitrogens is 2. The molecule has 0 aliphatic carbocycles. The van der Waals surface area contributed by atoms with Crippen molar-refractivity contribution in [2.24, 2.45) is 5.16 Å². The number of halogens is 3.